The fraction of sp³-hybridized carbons (Fsp3) is 0.500. The molecule has 1 aromatic heterocycles. The number of amides is 1. The van der Waals surface area contributed by atoms with E-state index in [-0.39, 0.29) is 17.9 Å². The molecule has 3 rings (SSSR count). The SMILES string of the molecule is CCOB(OC(C)(C)CC)c1cc(C(=O)Nc2ccc(OC(F)(F)Cl)cc2)cnc1N1CC[C@@H](F)C1. The third-order valence-corrected chi connectivity index (χ3v) is 5.86. The molecule has 0 aliphatic carbocycles. The highest BCUT2D eigenvalue weighted by atomic mass is 35.5. The maximum absolute atomic E-state index is 14.0. The van der Waals surface area contributed by atoms with E-state index in [9.17, 15) is 18.0 Å². The Morgan fingerprint density at radius 1 is 1.28 bits per heavy atom. The van der Waals surface area contributed by atoms with Crippen molar-refractivity contribution in [3.05, 3.63) is 42.1 Å². The van der Waals surface area contributed by atoms with Gasteiger partial charge < -0.3 is 24.3 Å². The summed E-state index contributed by atoms with van der Waals surface area (Å²) in [4.78, 5) is 19.3. The third kappa shape index (κ3) is 7.75. The predicted molar refractivity (Wildman–Crippen MR) is 134 cm³/mol. The average molecular weight is 528 g/mol. The van der Waals surface area contributed by atoms with Crippen LogP contribution >= 0.6 is 11.6 Å². The summed E-state index contributed by atoms with van der Waals surface area (Å²) in [5.74, 6) is -0.143. The maximum Gasteiger partial charge on any atom is 0.498 e. The number of benzene rings is 1. The first-order valence-corrected chi connectivity index (χ1v) is 12.1. The minimum atomic E-state index is -3.84. The molecule has 2 aromatic rings. The number of anilines is 2. The van der Waals surface area contributed by atoms with Gasteiger partial charge in [-0.2, -0.15) is 0 Å². The van der Waals surface area contributed by atoms with E-state index in [1.165, 1.54) is 30.5 Å². The van der Waals surface area contributed by atoms with Gasteiger partial charge in [0.05, 0.1) is 12.1 Å². The van der Waals surface area contributed by atoms with Crippen LogP contribution in [0.4, 0.5) is 24.7 Å². The van der Waals surface area contributed by atoms with Gasteiger partial charge in [-0.15, -0.1) is 8.78 Å². The fourth-order valence-corrected chi connectivity index (χ4v) is 3.69. The standard InChI is InChI=1S/C24H30BClF3N3O4/c1-5-23(3,4)36-25(34-6-2)20-13-16(14-30-21(20)32-12-11-17(27)15-32)22(33)31-18-7-9-19(10-8-18)35-24(26,28)29/h7-10,13-14,17H,5-6,11-12,15H2,1-4H3,(H,31,33)/t17-/m1/s1. The number of halogens is 4. The van der Waals surface area contributed by atoms with Crippen molar-refractivity contribution in [2.24, 2.45) is 0 Å². The van der Waals surface area contributed by atoms with Gasteiger partial charge in [-0.25, -0.2) is 9.37 Å². The van der Waals surface area contributed by atoms with Crippen molar-refractivity contribution in [1.82, 2.24) is 4.98 Å². The molecule has 2 heterocycles. The molecule has 12 heteroatoms. The van der Waals surface area contributed by atoms with Crippen LogP contribution < -0.4 is 20.4 Å². The number of hydrogen-bond acceptors (Lipinski definition) is 6. The summed E-state index contributed by atoms with van der Waals surface area (Å²) in [6, 6.07) is 6.94. The molecule has 1 fully saturated rings. The number of hydrogen-bond donors (Lipinski definition) is 1. The zero-order chi connectivity index (χ0) is 26.5. The zero-order valence-corrected chi connectivity index (χ0v) is 21.4. The summed E-state index contributed by atoms with van der Waals surface area (Å²) in [7, 11) is -0.826. The van der Waals surface area contributed by atoms with Gasteiger partial charge in [0.15, 0.2) is 0 Å². The van der Waals surface area contributed by atoms with Gasteiger partial charge in [-0.3, -0.25) is 4.79 Å². The normalized spacial score (nSPS) is 16.2. The predicted octanol–water partition coefficient (Wildman–Crippen LogP) is 4.99. The largest absolute Gasteiger partial charge is 0.498 e. The molecule has 1 amide bonds. The number of aromatic nitrogens is 1. The second-order valence-corrected chi connectivity index (χ2v) is 9.45. The van der Waals surface area contributed by atoms with Crippen LogP contribution in [0.25, 0.3) is 0 Å². The van der Waals surface area contributed by atoms with Gasteiger partial charge >= 0.3 is 12.7 Å². The van der Waals surface area contributed by atoms with Gasteiger partial charge in [0.1, 0.15) is 17.7 Å². The topological polar surface area (TPSA) is 72.9 Å². The molecule has 196 valence electrons. The van der Waals surface area contributed by atoms with Gasteiger partial charge in [0.25, 0.3) is 5.91 Å². The van der Waals surface area contributed by atoms with E-state index in [4.69, 9.17) is 20.9 Å². The van der Waals surface area contributed by atoms with Crippen LogP contribution in [0, 0.1) is 0 Å². The highest BCUT2D eigenvalue weighted by Crippen LogP contribution is 2.26. The Labute approximate surface area is 214 Å². The summed E-state index contributed by atoms with van der Waals surface area (Å²) in [6.45, 7) is 8.72. The number of ether oxygens (including phenoxy) is 1. The Hall–Kier alpha value is -2.50. The molecule has 36 heavy (non-hydrogen) atoms. The molecular weight excluding hydrogens is 498 g/mol. The van der Waals surface area contributed by atoms with E-state index in [0.717, 1.165) is 0 Å². The van der Waals surface area contributed by atoms with Gasteiger partial charge in [-0.1, -0.05) is 6.92 Å². The quantitative estimate of drug-likeness (QED) is 0.328. The molecule has 1 N–H and O–H groups in total. The Bertz CT molecular complexity index is 1040. The number of carbonyl (C=O) groups excluding carboxylic acids is 1. The van der Waals surface area contributed by atoms with E-state index in [1.807, 2.05) is 32.6 Å². The van der Waals surface area contributed by atoms with Gasteiger partial charge in [0, 0.05) is 47.7 Å². The second kappa shape index (κ2) is 11.7. The van der Waals surface area contributed by atoms with Crippen LogP contribution in [0.5, 0.6) is 5.75 Å². The first-order chi connectivity index (χ1) is 16.9. The molecule has 0 bridgehead atoms. The lowest BCUT2D eigenvalue weighted by Crippen LogP contribution is -2.46. The minimum absolute atomic E-state index is 0.159. The van der Waals surface area contributed by atoms with Crippen molar-refractivity contribution >= 4 is 41.6 Å². The van der Waals surface area contributed by atoms with E-state index >= 15 is 0 Å². The first kappa shape index (κ1) is 28.1. The van der Waals surface area contributed by atoms with E-state index in [1.54, 1.807) is 6.07 Å². The highest BCUT2D eigenvalue weighted by molar-refractivity contribution is 6.63. The molecule has 0 saturated carbocycles. The van der Waals surface area contributed by atoms with Gasteiger partial charge in [-0.05, 0) is 63.9 Å². The number of nitrogens with one attached hydrogen (secondary N) is 1. The number of pyridine rings is 1. The van der Waals surface area contributed by atoms with Crippen LogP contribution in [0.2, 0.25) is 0 Å². The summed E-state index contributed by atoms with van der Waals surface area (Å²) in [6.07, 6.45) is 1.54. The number of nitrogens with zero attached hydrogens (tertiary/aromatic N) is 2. The molecule has 1 aromatic carbocycles. The summed E-state index contributed by atoms with van der Waals surface area (Å²) >= 11 is 4.77. The maximum atomic E-state index is 14.0. The summed E-state index contributed by atoms with van der Waals surface area (Å²) < 4.78 is 56.0. The Morgan fingerprint density at radius 2 is 1.97 bits per heavy atom. The molecule has 0 unspecified atom stereocenters. The monoisotopic (exact) mass is 527 g/mol. The molecule has 0 spiro atoms. The average Bonchev–Trinajstić information content (AvgIpc) is 3.24. The van der Waals surface area contributed by atoms with E-state index in [0.29, 0.717) is 43.0 Å². The molecular formula is C24H30BClF3N3O4. The number of alkyl halides is 4. The Morgan fingerprint density at radius 3 is 2.53 bits per heavy atom. The number of rotatable bonds is 11. The van der Waals surface area contributed by atoms with Crippen molar-refractivity contribution in [2.75, 3.05) is 29.9 Å². The molecule has 0 radical (unpaired) electrons. The zero-order valence-electron chi connectivity index (χ0n) is 20.7. The Kier molecular flexibility index (Phi) is 9.13. The smallest absolute Gasteiger partial charge is 0.420 e. The van der Waals surface area contributed by atoms with Crippen molar-refractivity contribution in [1.29, 1.82) is 0 Å². The summed E-state index contributed by atoms with van der Waals surface area (Å²) in [5, 5.41) is 2.69. The van der Waals surface area contributed by atoms with Crippen molar-refractivity contribution in [3.8, 4) is 5.75 Å². The summed E-state index contributed by atoms with van der Waals surface area (Å²) in [5.41, 5.74) is -3.27. The minimum Gasteiger partial charge on any atom is -0.420 e. The lowest BCUT2D eigenvalue weighted by Gasteiger charge is -2.30. The highest BCUT2D eigenvalue weighted by Gasteiger charge is 2.35. The number of carbonyl (C=O) groups is 1. The van der Waals surface area contributed by atoms with Crippen LogP contribution in [0.15, 0.2) is 36.5 Å². The third-order valence-electron chi connectivity index (χ3n) is 5.78. The van der Waals surface area contributed by atoms with Crippen LogP contribution in [0.3, 0.4) is 0 Å². The van der Waals surface area contributed by atoms with Crippen molar-refractivity contribution in [2.45, 2.75) is 57.9 Å². The molecule has 1 aliphatic rings. The lowest BCUT2D eigenvalue weighted by atomic mass is 9.76. The van der Waals surface area contributed by atoms with Crippen LogP contribution in [0.1, 0.15) is 50.9 Å². The van der Waals surface area contributed by atoms with Crippen molar-refractivity contribution in [3.63, 3.8) is 0 Å². The van der Waals surface area contributed by atoms with Crippen LogP contribution in [-0.2, 0) is 9.31 Å². The first-order valence-electron chi connectivity index (χ1n) is 11.8. The molecule has 7 nitrogen and oxygen atoms in total. The second-order valence-electron chi connectivity index (χ2n) is 9.01. The molecule has 1 atom stereocenters. The Balaban J connectivity index is 1.89. The van der Waals surface area contributed by atoms with E-state index in [2.05, 4.69) is 15.0 Å². The van der Waals surface area contributed by atoms with Crippen molar-refractivity contribution < 1.29 is 32.0 Å². The molecule has 1 saturated heterocycles. The van der Waals surface area contributed by atoms with E-state index < -0.39 is 30.4 Å². The van der Waals surface area contributed by atoms with Crippen LogP contribution in [-0.4, -0.2) is 55.0 Å². The molecule has 1 aliphatic heterocycles. The van der Waals surface area contributed by atoms with Gasteiger partial charge in [0.2, 0.25) is 0 Å². The fourth-order valence-electron chi connectivity index (χ4n) is 3.60. The lowest BCUT2D eigenvalue weighted by molar-refractivity contribution is -0.0964.